The van der Waals surface area contributed by atoms with Gasteiger partial charge in [-0.15, -0.1) is 0 Å². The van der Waals surface area contributed by atoms with Gasteiger partial charge in [0.2, 0.25) is 0 Å². The van der Waals surface area contributed by atoms with Crippen LogP contribution in [0.25, 0.3) is 10.8 Å². The van der Waals surface area contributed by atoms with Crippen molar-refractivity contribution in [3.8, 4) is 6.07 Å². The maximum atomic E-state index is 13.2. The summed E-state index contributed by atoms with van der Waals surface area (Å²) in [5.74, 6) is -0.821. The number of nitrogens with zero attached hydrogens (tertiary/aromatic N) is 3. The van der Waals surface area contributed by atoms with Crippen molar-refractivity contribution in [1.82, 2.24) is 4.90 Å². The number of benzene rings is 2. The highest BCUT2D eigenvalue weighted by Crippen LogP contribution is 2.50. The molecule has 33 heavy (non-hydrogen) atoms. The number of carbonyl (C=O) groups excluding carboxylic acids is 2. The number of carbonyl (C=O) groups is 2. The van der Waals surface area contributed by atoms with Gasteiger partial charge in [0.1, 0.15) is 11.6 Å². The number of hydrogen-bond acceptors (Lipinski definition) is 4. The van der Waals surface area contributed by atoms with Crippen LogP contribution in [-0.2, 0) is 15.0 Å². The molecule has 5 heteroatoms. The molecule has 0 saturated heterocycles. The monoisotopic (exact) mass is 439 g/mol. The average molecular weight is 440 g/mol. The van der Waals surface area contributed by atoms with Gasteiger partial charge in [-0.1, -0.05) is 57.5 Å². The van der Waals surface area contributed by atoms with Crippen molar-refractivity contribution < 1.29 is 9.59 Å². The Labute approximate surface area is 195 Å². The van der Waals surface area contributed by atoms with Gasteiger partial charge in [0.05, 0.1) is 0 Å². The molecule has 2 heterocycles. The maximum absolute atomic E-state index is 13.2. The summed E-state index contributed by atoms with van der Waals surface area (Å²) in [6.07, 6.45) is 5.31. The fourth-order valence-corrected chi connectivity index (χ4v) is 5.03. The molecule has 0 N–H and O–H groups in total. The van der Waals surface area contributed by atoms with Gasteiger partial charge >= 0.3 is 0 Å². The Morgan fingerprint density at radius 3 is 2.48 bits per heavy atom. The van der Waals surface area contributed by atoms with E-state index in [1.807, 2.05) is 32.2 Å². The third-order valence-corrected chi connectivity index (χ3v) is 6.86. The first-order valence-corrected chi connectivity index (χ1v) is 11.4. The van der Waals surface area contributed by atoms with Crippen molar-refractivity contribution in [2.45, 2.75) is 46.0 Å². The summed E-state index contributed by atoms with van der Waals surface area (Å²) in [4.78, 5) is 29.3. The minimum atomic E-state index is -0.490. The number of imide groups is 1. The van der Waals surface area contributed by atoms with E-state index in [0.29, 0.717) is 24.1 Å². The molecule has 2 aromatic rings. The van der Waals surface area contributed by atoms with E-state index in [4.69, 9.17) is 0 Å². The third-order valence-electron chi connectivity index (χ3n) is 6.86. The van der Waals surface area contributed by atoms with Gasteiger partial charge in [-0.25, -0.2) is 0 Å². The standard InChI is InChI=1S/C28H29N3O2/c1-6-7-16-31-26(32)20(18(2)22(17-29)27(31)33)13-15-24-28(3,4)25-21-11-9-8-10-19(21)12-14-23(25)30(24)5/h8-15H,6-7,16H2,1-5H3/b20-13-,24-15+. The van der Waals surface area contributed by atoms with E-state index in [9.17, 15) is 14.9 Å². The third kappa shape index (κ3) is 3.47. The van der Waals surface area contributed by atoms with Crippen molar-refractivity contribution in [3.63, 3.8) is 0 Å². The molecule has 0 aromatic heterocycles. The second-order valence-electron chi connectivity index (χ2n) is 9.22. The van der Waals surface area contributed by atoms with Gasteiger partial charge in [-0.3, -0.25) is 14.5 Å². The number of likely N-dealkylation sites (N-methyl/N-ethyl adjacent to an activating group) is 1. The van der Waals surface area contributed by atoms with Crippen molar-refractivity contribution in [2.75, 3.05) is 18.5 Å². The van der Waals surface area contributed by atoms with Crippen LogP contribution in [0.15, 0.2) is 71.0 Å². The van der Waals surface area contributed by atoms with Gasteiger partial charge in [0.15, 0.2) is 0 Å². The van der Waals surface area contributed by atoms with E-state index in [1.54, 1.807) is 13.0 Å². The summed E-state index contributed by atoms with van der Waals surface area (Å²) in [6, 6.07) is 14.7. The van der Waals surface area contributed by atoms with Gasteiger partial charge in [-0.2, -0.15) is 5.26 Å². The minimum Gasteiger partial charge on any atom is -0.347 e. The molecule has 5 nitrogen and oxygen atoms in total. The summed E-state index contributed by atoms with van der Waals surface area (Å²) in [6.45, 7) is 8.39. The summed E-state index contributed by atoms with van der Waals surface area (Å²) >= 11 is 0. The Morgan fingerprint density at radius 1 is 1.06 bits per heavy atom. The lowest BCUT2D eigenvalue weighted by Gasteiger charge is -2.28. The summed E-state index contributed by atoms with van der Waals surface area (Å²) < 4.78 is 0. The predicted octanol–water partition coefficient (Wildman–Crippen LogP) is 5.39. The Balaban J connectivity index is 1.83. The second kappa shape index (κ2) is 8.37. The van der Waals surface area contributed by atoms with Crippen LogP contribution >= 0.6 is 0 Å². The van der Waals surface area contributed by atoms with Crippen molar-refractivity contribution in [2.24, 2.45) is 0 Å². The minimum absolute atomic E-state index is 0.0451. The van der Waals surface area contributed by atoms with Crippen LogP contribution in [0.4, 0.5) is 5.69 Å². The van der Waals surface area contributed by atoms with Gasteiger partial charge in [0.25, 0.3) is 11.8 Å². The highest BCUT2D eigenvalue weighted by atomic mass is 16.2. The lowest BCUT2D eigenvalue weighted by atomic mass is 9.81. The van der Waals surface area contributed by atoms with Gasteiger partial charge in [0, 0.05) is 36.0 Å². The molecule has 2 amide bonds. The SMILES string of the molecule is CCCCN1C(=O)C(C#N)=C(C)/C(=C/C=C2/N(C)c3ccc4ccccc4c3C2(C)C)C1=O. The molecule has 2 aromatic carbocycles. The van der Waals surface area contributed by atoms with Crippen molar-refractivity contribution in [1.29, 1.82) is 5.26 Å². The average Bonchev–Trinajstić information content (AvgIpc) is 2.99. The number of nitriles is 1. The van der Waals surface area contributed by atoms with E-state index in [0.717, 1.165) is 17.8 Å². The molecule has 0 saturated carbocycles. The van der Waals surface area contributed by atoms with E-state index in [2.05, 4.69) is 49.1 Å². The Morgan fingerprint density at radius 2 is 1.79 bits per heavy atom. The first-order chi connectivity index (χ1) is 15.7. The number of rotatable bonds is 4. The smallest absolute Gasteiger partial charge is 0.271 e. The molecule has 0 aliphatic carbocycles. The second-order valence-corrected chi connectivity index (χ2v) is 9.22. The summed E-state index contributed by atoms with van der Waals surface area (Å²) in [7, 11) is 2.04. The topological polar surface area (TPSA) is 64.4 Å². The van der Waals surface area contributed by atoms with Crippen molar-refractivity contribution >= 4 is 28.3 Å². The molecule has 0 radical (unpaired) electrons. The Hall–Kier alpha value is -3.65. The van der Waals surface area contributed by atoms with Crippen LogP contribution in [0.1, 0.15) is 46.1 Å². The molecular weight excluding hydrogens is 410 g/mol. The van der Waals surface area contributed by atoms with Crippen LogP contribution in [0.5, 0.6) is 0 Å². The van der Waals surface area contributed by atoms with Crippen LogP contribution < -0.4 is 4.90 Å². The molecular formula is C28H29N3O2. The molecule has 4 rings (SSSR count). The molecule has 0 bridgehead atoms. The highest BCUT2D eigenvalue weighted by Gasteiger charge is 2.40. The molecule has 2 aliphatic rings. The van der Waals surface area contributed by atoms with Crippen LogP contribution in [0.3, 0.4) is 0 Å². The van der Waals surface area contributed by atoms with Crippen LogP contribution in [-0.4, -0.2) is 30.3 Å². The number of unbranched alkanes of at least 4 members (excludes halogenated alkanes) is 1. The zero-order valence-electron chi connectivity index (χ0n) is 19.9. The number of amides is 2. The van der Waals surface area contributed by atoms with Crippen LogP contribution in [0.2, 0.25) is 0 Å². The van der Waals surface area contributed by atoms with Crippen molar-refractivity contribution in [3.05, 3.63) is 76.5 Å². The number of allylic oxidation sites excluding steroid dienone is 3. The zero-order valence-corrected chi connectivity index (χ0v) is 19.9. The molecule has 2 aliphatic heterocycles. The molecule has 0 fully saturated rings. The summed E-state index contributed by atoms with van der Waals surface area (Å²) in [5, 5.41) is 12.0. The van der Waals surface area contributed by atoms with E-state index >= 15 is 0 Å². The number of anilines is 1. The maximum Gasteiger partial charge on any atom is 0.271 e. The lowest BCUT2D eigenvalue weighted by Crippen LogP contribution is -2.43. The zero-order chi connectivity index (χ0) is 23.9. The highest BCUT2D eigenvalue weighted by molar-refractivity contribution is 6.18. The first-order valence-electron chi connectivity index (χ1n) is 11.4. The molecule has 0 spiro atoms. The van der Waals surface area contributed by atoms with Gasteiger partial charge in [-0.05, 0) is 53.5 Å². The Bertz CT molecular complexity index is 1300. The molecule has 0 unspecified atom stereocenters. The summed E-state index contributed by atoms with van der Waals surface area (Å²) in [5.41, 5.74) is 4.06. The van der Waals surface area contributed by atoms with E-state index < -0.39 is 5.91 Å². The number of fused-ring (bicyclic) bond motifs is 3. The molecule has 168 valence electrons. The fourth-order valence-electron chi connectivity index (χ4n) is 5.03. The predicted molar refractivity (Wildman–Crippen MR) is 131 cm³/mol. The normalized spacial score (nSPS) is 20.2. The van der Waals surface area contributed by atoms with E-state index in [-0.39, 0.29) is 16.9 Å². The van der Waals surface area contributed by atoms with E-state index in [1.165, 1.54) is 21.2 Å². The lowest BCUT2D eigenvalue weighted by molar-refractivity contribution is -0.140. The molecule has 0 atom stereocenters. The largest absolute Gasteiger partial charge is 0.347 e. The van der Waals surface area contributed by atoms with Crippen LogP contribution in [0, 0.1) is 11.3 Å². The first kappa shape index (κ1) is 22.5. The number of hydrogen-bond donors (Lipinski definition) is 0. The quantitative estimate of drug-likeness (QED) is 0.473. The van der Waals surface area contributed by atoms with Gasteiger partial charge < -0.3 is 4.90 Å². The fraction of sp³-hybridized carbons (Fsp3) is 0.321. The Kier molecular flexibility index (Phi) is 5.71.